The molecule has 10 rings (SSSR count). The van der Waals surface area contributed by atoms with Gasteiger partial charge in [-0.05, 0) is 96.7 Å². The molecular weight excluding hydrogens is 703 g/mol. The molecule has 0 saturated carbocycles. The van der Waals surface area contributed by atoms with Crippen LogP contribution in [0.4, 0.5) is 0 Å². The van der Waals surface area contributed by atoms with Crippen molar-refractivity contribution in [2.24, 2.45) is 0 Å². The fourth-order valence-corrected chi connectivity index (χ4v) is 7.74. The smallest absolute Gasteiger partial charge is 0.164 e. The largest absolute Gasteiger partial charge is 0.208 e. The molecule has 10 aromatic rings. The summed E-state index contributed by atoms with van der Waals surface area (Å²) in [6, 6.07) is 79.2. The molecule has 0 spiro atoms. The molecule has 0 radical (unpaired) electrons. The Morgan fingerprint density at radius 3 is 1.02 bits per heavy atom. The Labute approximate surface area is 338 Å². The molecular formula is C55H37N3. The van der Waals surface area contributed by atoms with E-state index in [1.165, 1.54) is 44.2 Å². The monoisotopic (exact) mass is 739 g/mol. The van der Waals surface area contributed by atoms with E-state index in [9.17, 15) is 0 Å². The Balaban J connectivity index is 0.968. The second-order valence-electron chi connectivity index (χ2n) is 14.5. The maximum atomic E-state index is 4.97. The second kappa shape index (κ2) is 15.4. The number of aromatic nitrogens is 3. The van der Waals surface area contributed by atoms with Crippen LogP contribution in [0.1, 0.15) is 0 Å². The molecule has 58 heavy (non-hydrogen) atoms. The second-order valence-corrected chi connectivity index (χ2v) is 14.5. The highest BCUT2D eigenvalue weighted by atomic mass is 15.0. The van der Waals surface area contributed by atoms with E-state index in [0.717, 1.165) is 38.9 Å². The average Bonchev–Trinajstić information content (AvgIpc) is 3.32. The third-order valence-corrected chi connectivity index (χ3v) is 10.7. The first kappa shape index (κ1) is 34.7. The lowest BCUT2D eigenvalue weighted by atomic mass is 9.91. The molecule has 272 valence electrons. The summed E-state index contributed by atoms with van der Waals surface area (Å²) in [5.41, 5.74) is 14.6. The molecule has 0 amide bonds. The molecule has 3 heteroatoms. The number of rotatable bonds is 8. The van der Waals surface area contributed by atoms with Gasteiger partial charge in [-0.2, -0.15) is 0 Å². The summed E-state index contributed by atoms with van der Waals surface area (Å²) in [4.78, 5) is 14.8. The predicted octanol–water partition coefficient (Wildman–Crippen LogP) is 14.4. The van der Waals surface area contributed by atoms with Gasteiger partial charge in [0.25, 0.3) is 0 Å². The summed E-state index contributed by atoms with van der Waals surface area (Å²) in [6.45, 7) is 0. The minimum Gasteiger partial charge on any atom is -0.208 e. The van der Waals surface area contributed by atoms with Gasteiger partial charge >= 0.3 is 0 Å². The van der Waals surface area contributed by atoms with E-state index in [-0.39, 0.29) is 0 Å². The molecule has 0 aliphatic rings. The Hall–Kier alpha value is -7.75. The maximum Gasteiger partial charge on any atom is 0.164 e. The molecule has 9 aromatic carbocycles. The Kier molecular flexibility index (Phi) is 9.23. The number of hydrogen-bond donors (Lipinski definition) is 0. The molecule has 3 nitrogen and oxygen atoms in total. The van der Waals surface area contributed by atoms with Crippen LogP contribution in [0.25, 0.3) is 101 Å². The molecule has 0 unspecified atom stereocenters. The first-order valence-corrected chi connectivity index (χ1v) is 19.6. The van der Waals surface area contributed by atoms with Gasteiger partial charge < -0.3 is 0 Å². The van der Waals surface area contributed by atoms with Gasteiger partial charge in [-0.15, -0.1) is 0 Å². The minimum absolute atomic E-state index is 0.639. The van der Waals surface area contributed by atoms with Gasteiger partial charge in [0.1, 0.15) is 0 Å². The lowest BCUT2D eigenvalue weighted by Gasteiger charge is -2.13. The molecule has 0 fully saturated rings. The van der Waals surface area contributed by atoms with E-state index < -0.39 is 0 Å². The van der Waals surface area contributed by atoms with Crippen LogP contribution in [-0.4, -0.2) is 15.0 Å². The zero-order valence-electron chi connectivity index (χ0n) is 31.7. The highest BCUT2D eigenvalue weighted by Gasteiger charge is 2.14. The van der Waals surface area contributed by atoms with Gasteiger partial charge in [-0.1, -0.05) is 194 Å². The highest BCUT2D eigenvalue weighted by Crippen LogP contribution is 2.37. The first-order chi connectivity index (χ1) is 28.7. The van der Waals surface area contributed by atoms with E-state index in [1.54, 1.807) is 0 Å². The molecule has 0 aliphatic carbocycles. The Morgan fingerprint density at radius 1 is 0.190 bits per heavy atom. The van der Waals surface area contributed by atoms with Crippen molar-refractivity contribution in [3.05, 3.63) is 224 Å². The van der Waals surface area contributed by atoms with Crippen molar-refractivity contribution < 1.29 is 0 Å². The van der Waals surface area contributed by atoms with Crippen molar-refractivity contribution in [2.75, 3.05) is 0 Å². The fraction of sp³-hybridized carbons (Fsp3) is 0. The fourth-order valence-electron chi connectivity index (χ4n) is 7.74. The van der Waals surface area contributed by atoms with Crippen LogP contribution in [0, 0.1) is 0 Å². The molecule has 0 aliphatic heterocycles. The van der Waals surface area contributed by atoms with E-state index in [2.05, 4.69) is 164 Å². The first-order valence-electron chi connectivity index (χ1n) is 19.6. The summed E-state index contributed by atoms with van der Waals surface area (Å²) in [5.74, 6) is 1.94. The summed E-state index contributed by atoms with van der Waals surface area (Å²) in [6.07, 6.45) is 0. The zero-order chi connectivity index (χ0) is 38.7. The van der Waals surface area contributed by atoms with Crippen molar-refractivity contribution in [3.8, 4) is 89.8 Å². The third-order valence-electron chi connectivity index (χ3n) is 10.7. The van der Waals surface area contributed by atoms with E-state index in [1.807, 2.05) is 60.7 Å². The van der Waals surface area contributed by atoms with Gasteiger partial charge in [-0.25, -0.2) is 15.0 Å². The summed E-state index contributed by atoms with van der Waals surface area (Å²) in [5, 5.41) is 2.49. The van der Waals surface area contributed by atoms with Crippen LogP contribution in [0.15, 0.2) is 224 Å². The van der Waals surface area contributed by atoms with Crippen LogP contribution >= 0.6 is 0 Å². The van der Waals surface area contributed by atoms with E-state index in [0.29, 0.717) is 17.5 Å². The predicted molar refractivity (Wildman–Crippen MR) is 241 cm³/mol. The molecule has 0 saturated heterocycles. The number of hydrogen-bond acceptors (Lipinski definition) is 3. The SMILES string of the molecule is c1ccc(-c2nc(-c3ccccc3)nc(-c3cccc(-c4cccc(-c5cccc(-c6cccc(-c7ccccc7-c7ccc8ccccc8c7)c6)c5)c4)c3)n2)cc1. The van der Waals surface area contributed by atoms with Crippen LogP contribution in [0.5, 0.6) is 0 Å². The lowest BCUT2D eigenvalue weighted by molar-refractivity contribution is 1.07. The molecule has 0 bridgehead atoms. The minimum atomic E-state index is 0.639. The number of nitrogens with zero attached hydrogens (tertiary/aromatic N) is 3. The van der Waals surface area contributed by atoms with Gasteiger partial charge in [0.15, 0.2) is 17.5 Å². The van der Waals surface area contributed by atoms with Crippen LogP contribution < -0.4 is 0 Å². The van der Waals surface area contributed by atoms with Crippen molar-refractivity contribution in [1.82, 2.24) is 15.0 Å². The van der Waals surface area contributed by atoms with Gasteiger partial charge in [-0.3, -0.25) is 0 Å². The summed E-state index contributed by atoms with van der Waals surface area (Å²) in [7, 11) is 0. The van der Waals surface area contributed by atoms with Gasteiger partial charge in [0.2, 0.25) is 0 Å². The molecule has 0 N–H and O–H groups in total. The standard InChI is InChI=1S/C55H37N3/c1-3-16-39(17-4-1)53-56-54(40-18-5-2-6-19-40)58-55(57-53)50-28-14-26-47(37-50)45-24-12-22-43(34-45)42-21-11-23-44(33-42)46-25-13-27-48(36-46)51-29-9-10-30-52(51)49-32-31-38-15-7-8-20-41(38)35-49/h1-37H. The zero-order valence-corrected chi connectivity index (χ0v) is 31.7. The molecule has 0 atom stereocenters. The van der Waals surface area contributed by atoms with Gasteiger partial charge in [0, 0.05) is 16.7 Å². The lowest BCUT2D eigenvalue weighted by Crippen LogP contribution is -2.00. The summed E-state index contributed by atoms with van der Waals surface area (Å²) >= 11 is 0. The van der Waals surface area contributed by atoms with Crippen LogP contribution in [0.3, 0.4) is 0 Å². The van der Waals surface area contributed by atoms with E-state index >= 15 is 0 Å². The number of fused-ring (bicyclic) bond motifs is 1. The van der Waals surface area contributed by atoms with Crippen molar-refractivity contribution in [2.45, 2.75) is 0 Å². The van der Waals surface area contributed by atoms with Crippen molar-refractivity contribution in [3.63, 3.8) is 0 Å². The van der Waals surface area contributed by atoms with E-state index in [4.69, 9.17) is 15.0 Å². The highest BCUT2D eigenvalue weighted by molar-refractivity contribution is 5.92. The van der Waals surface area contributed by atoms with Crippen molar-refractivity contribution in [1.29, 1.82) is 0 Å². The molecule has 1 aromatic heterocycles. The van der Waals surface area contributed by atoms with Crippen LogP contribution in [0.2, 0.25) is 0 Å². The average molecular weight is 740 g/mol. The van der Waals surface area contributed by atoms with Gasteiger partial charge in [0.05, 0.1) is 0 Å². The summed E-state index contributed by atoms with van der Waals surface area (Å²) < 4.78 is 0. The topological polar surface area (TPSA) is 38.7 Å². The van der Waals surface area contributed by atoms with Crippen LogP contribution in [-0.2, 0) is 0 Å². The molecule has 1 heterocycles. The maximum absolute atomic E-state index is 4.97. The Bertz CT molecular complexity index is 3000. The normalized spacial score (nSPS) is 11.1. The quantitative estimate of drug-likeness (QED) is 0.156. The number of benzene rings is 9. The third kappa shape index (κ3) is 7.09. The Morgan fingerprint density at radius 2 is 0.517 bits per heavy atom. The van der Waals surface area contributed by atoms with Crippen molar-refractivity contribution >= 4 is 10.8 Å².